The third-order valence-corrected chi connectivity index (χ3v) is 3.66. The van der Waals surface area contributed by atoms with Gasteiger partial charge in [0.1, 0.15) is 5.75 Å². The number of hydrogen-bond donors (Lipinski definition) is 1. The van der Waals surface area contributed by atoms with Crippen LogP contribution < -0.4 is 24.4 Å². The third kappa shape index (κ3) is 6.61. The Balaban J connectivity index is 2.14. The van der Waals surface area contributed by atoms with Gasteiger partial charge in [0.2, 0.25) is 5.75 Å². The average molecular weight is 422 g/mol. The van der Waals surface area contributed by atoms with Crippen LogP contribution in [-0.2, 0) is 0 Å². The molecule has 162 valence electrons. The van der Waals surface area contributed by atoms with Crippen LogP contribution in [0.15, 0.2) is 41.5 Å². The summed E-state index contributed by atoms with van der Waals surface area (Å²) in [5, 5.41) is 3.89. The van der Waals surface area contributed by atoms with Crippen molar-refractivity contribution < 1.29 is 32.5 Å². The molecule has 0 bridgehead atoms. The molecule has 30 heavy (non-hydrogen) atoms. The van der Waals surface area contributed by atoms with E-state index in [0.29, 0.717) is 42.6 Å². The highest BCUT2D eigenvalue weighted by atomic mass is 19.3. The molecule has 9 heteroatoms. The minimum atomic E-state index is -2.89. The van der Waals surface area contributed by atoms with Gasteiger partial charge in [0, 0.05) is 5.56 Å². The average Bonchev–Trinajstić information content (AvgIpc) is 2.71. The lowest BCUT2D eigenvalue weighted by Crippen LogP contribution is -2.18. The number of carbonyl (C=O) groups excluding carboxylic acids is 1. The molecule has 0 spiro atoms. The fourth-order valence-electron chi connectivity index (χ4n) is 2.49. The summed E-state index contributed by atoms with van der Waals surface area (Å²) in [6.07, 6.45) is 1.38. The van der Waals surface area contributed by atoms with E-state index in [1.54, 1.807) is 12.1 Å². The van der Waals surface area contributed by atoms with E-state index in [-0.39, 0.29) is 11.3 Å². The molecule has 0 aliphatic heterocycles. The summed E-state index contributed by atoms with van der Waals surface area (Å²) in [5.74, 6) is 0.789. The largest absolute Gasteiger partial charge is 0.490 e. The minimum Gasteiger partial charge on any atom is -0.490 e. The summed E-state index contributed by atoms with van der Waals surface area (Å²) in [7, 11) is 0. The molecule has 0 aromatic heterocycles. The highest BCUT2D eigenvalue weighted by molar-refractivity contribution is 5.96. The first-order chi connectivity index (χ1) is 14.5. The van der Waals surface area contributed by atoms with Crippen molar-refractivity contribution >= 4 is 12.1 Å². The van der Waals surface area contributed by atoms with E-state index < -0.39 is 12.5 Å². The van der Waals surface area contributed by atoms with Crippen molar-refractivity contribution in [2.45, 2.75) is 27.4 Å². The summed E-state index contributed by atoms with van der Waals surface area (Å²) < 4.78 is 45.4. The van der Waals surface area contributed by atoms with Crippen molar-refractivity contribution in [3.8, 4) is 23.0 Å². The SMILES string of the molecule is CCOc1cc(C(=O)N/N=C\c2ccc(OC(F)F)cc2)cc(OCC)c1OCC. The number of hydrazone groups is 1. The zero-order valence-electron chi connectivity index (χ0n) is 17.0. The normalized spacial score (nSPS) is 10.9. The molecule has 0 atom stereocenters. The van der Waals surface area contributed by atoms with Gasteiger partial charge in [-0.15, -0.1) is 0 Å². The van der Waals surface area contributed by atoms with Crippen LogP contribution in [-0.4, -0.2) is 38.6 Å². The Labute approximate surface area is 173 Å². The molecule has 0 saturated carbocycles. The summed E-state index contributed by atoms with van der Waals surface area (Å²) in [4.78, 5) is 12.5. The molecule has 0 aliphatic rings. The number of nitrogens with one attached hydrogen (secondary N) is 1. The molecule has 0 saturated heterocycles. The van der Waals surface area contributed by atoms with Crippen molar-refractivity contribution in [1.82, 2.24) is 5.43 Å². The van der Waals surface area contributed by atoms with Crippen molar-refractivity contribution in [3.63, 3.8) is 0 Å². The predicted octanol–water partition coefficient (Wildman–Crippen LogP) is 4.25. The van der Waals surface area contributed by atoms with Crippen LogP contribution in [0.25, 0.3) is 0 Å². The standard InChI is InChI=1S/C21H24F2N2O5/c1-4-27-17-11-15(12-18(28-5-2)19(17)29-6-3)20(26)25-24-13-14-7-9-16(10-8-14)30-21(22)23/h7-13,21H,4-6H2,1-3H3,(H,25,26)/b24-13-. The van der Waals surface area contributed by atoms with E-state index in [1.807, 2.05) is 20.8 Å². The number of rotatable bonds is 11. The molecule has 2 rings (SSSR count). The minimum absolute atomic E-state index is 0.0347. The fourth-order valence-corrected chi connectivity index (χ4v) is 2.49. The van der Waals surface area contributed by atoms with E-state index in [1.165, 1.54) is 30.5 Å². The first kappa shape index (κ1) is 22.9. The maximum atomic E-state index is 12.5. The smallest absolute Gasteiger partial charge is 0.387 e. The second-order valence-electron chi connectivity index (χ2n) is 5.75. The van der Waals surface area contributed by atoms with E-state index in [9.17, 15) is 13.6 Å². The quantitative estimate of drug-likeness (QED) is 0.433. The number of carbonyl (C=O) groups is 1. The van der Waals surface area contributed by atoms with Gasteiger partial charge in [-0.2, -0.15) is 13.9 Å². The van der Waals surface area contributed by atoms with Gasteiger partial charge in [0.15, 0.2) is 11.5 Å². The molecular weight excluding hydrogens is 398 g/mol. The summed E-state index contributed by atoms with van der Waals surface area (Å²) in [5.41, 5.74) is 3.28. The van der Waals surface area contributed by atoms with E-state index >= 15 is 0 Å². The number of ether oxygens (including phenoxy) is 4. The van der Waals surface area contributed by atoms with Gasteiger partial charge < -0.3 is 18.9 Å². The van der Waals surface area contributed by atoms with Crippen LogP contribution in [0.4, 0.5) is 8.78 Å². The van der Waals surface area contributed by atoms with Crippen molar-refractivity contribution in [1.29, 1.82) is 0 Å². The van der Waals surface area contributed by atoms with Gasteiger partial charge in [0.05, 0.1) is 26.0 Å². The first-order valence-corrected chi connectivity index (χ1v) is 9.43. The van der Waals surface area contributed by atoms with Gasteiger partial charge in [-0.05, 0) is 62.7 Å². The van der Waals surface area contributed by atoms with Gasteiger partial charge in [-0.25, -0.2) is 5.43 Å². The fraction of sp³-hybridized carbons (Fsp3) is 0.333. The number of hydrogen-bond acceptors (Lipinski definition) is 6. The van der Waals surface area contributed by atoms with E-state index in [2.05, 4.69) is 15.3 Å². The van der Waals surface area contributed by atoms with Gasteiger partial charge in [0.25, 0.3) is 5.91 Å². The molecule has 2 aromatic rings. The molecule has 0 unspecified atom stereocenters. The Kier molecular flexibility index (Phi) is 8.86. The zero-order chi connectivity index (χ0) is 21.9. The van der Waals surface area contributed by atoms with Gasteiger partial charge >= 0.3 is 6.61 Å². The van der Waals surface area contributed by atoms with E-state index in [4.69, 9.17) is 14.2 Å². The second kappa shape index (κ2) is 11.6. The summed E-state index contributed by atoms with van der Waals surface area (Å²) in [6, 6.07) is 8.93. The number of nitrogens with zero attached hydrogens (tertiary/aromatic N) is 1. The number of halogens is 2. The second-order valence-corrected chi connectivity index (χ2v) is 5.75. The topological polar surface area (TPSA) is 78.4 Å². The Morgan fingerprint density at radius 1 is 1.00 bits per heavy atom. The molecule has 1 amide bonds. The maximum Gasteiger partial charge on any atom is 0.387 e. The summed E-state index contributed by atoms with van der Waals surface area (Å²) >= 11 is 0. The lowest BCUT2D eigenvalue weighted by Gasteiger charge is -2.16. The van der Waals surface area contributed by atoms with Crippen molar-refractivity contribution in [3.05, 3.63) is 47.5 Å². The Bertz CT molecular complexity index is 830. The predicted molar refractivity (Wildman–Crippen MR) is 108 cm³/mol. The molecule has 7 nitrogen and oxygen atoms in total. The molecule has 0 radical (unpaired) electrons. The monoisotopic (exact) mass is 422 g/mol. The molecule has 1 N–H and O–H groups in total. The lowest BCUT2D eigenvalue weighted by molar-refractivity contribution is -0.0498. The van der Waals surface area contributed by atoms with Crippen LogP contribution in [0.3, 0.4) is 0 Å². The van der Waals surface area contributed by atoms with Crippen LogP contribution in [0.1, 0.15) is 36.7 Å². The maximum absolute atomic E-state index is 12.5. The Morgan fingerprint density at radius 2 is 1.57 bits per heavy atom. The molecule has 0 fully saturated rings. The first-order valence-electron chi connectivity index (χ1n) is 9.43. The lowest BCUT2D eigenvalue weighted by atomic mass is 10.1. The molecule has 0 aliphatic carbocycles. The van der Waals surface area contributed by atoms with Crippen LogP contribution >= 0.6 is 0 Å². The van der Waals surface area contributed by atoms with E-state index in [0.717, 1.165) is 0 Å². The Morgan fingerprint density at radius 3 is 2.07 bits per heavy atom. The zero-order valence-corrected chi connectivity index (χ0v) is 17.0. The Hall–Kier alpha value is -3.36. The van der Waals surface area contributed by atoms with Crippen molar-refractivity contribution in [2.24, 2.45) is 5.10 Å². The highest BCUT2D eigenvalue weighted by Crippen LogP contribution is 2.39. The van der Waals surface area contributed by atoms with Crippen LogP contribution in [0.5, 0.6) is 23.0 Å². The number of amides is 1. The third-order valence-electron chi connectivity index (χ3n) is 3.66. The van der Waals surface area contributed by atoms with Crippen LogP contribution in [0, 0.1) is 0 Å². The van der Waals surface area contributed by atoms with Gasteiger partial charge in [-0.1, -0.05) is 0 Å². The van der Waals surface area contributed by atoms with Crippen molar-refractivity contribution in [2.75, 3.05) is 19.8 Å². The molecule has 2 aromatic carbocycles. The molecule has 0 heterocycles. The molecular formula is C21H24F2N2O5. The highest BCUT2D eigenvalue weighted by Gasteiger charge is 2.18. The number of alkyl halides is 2. The summed E-state index contributed by atoms with van der Waals surface area (Å²) in [6.45, 7) is 3.79. The van der Waals surface area contributed by atoms with Gasteiger partial charge in [-0.3, -0.25) is 4.79 Å². The van der Waals surface area contributed by atoms with Crippen LogP contribution in [0.2, 0.25) is 0 Å². The number of benzene rings is 2.